The topological polar surface area (TPSA) is 76.1 Å². The molecule has 0 fully saturated rings. The minimum atomic E-state index is -3.47. The number of nitrogens with one attached hydrogen (secondary N) is 1. The standard InChI is InChI=1S/C18H16F2N2O3S2/c1-10(2)9-27(24,25)18-22-15-4-3-14(8-16(15)26-18)21-17(23)11-5-12(19)7-13(20)6-11/h3-8,10H,9H2,1-2H3,(H,21,23). The first-order chi connectivity index (χ1) is 12.6. The van der Waals surface area contributed by atoms with E-state index in [1.807, 2.05) is 13.8 Å². The number of carbonyl (C=O) groups excluding carboxylic acids is 1. The molecule has 3 aromatic rings. The number of carbonyl (C=O) groups is 1. The van der Waals surface area contributed by atoms with E-state index < -0.39 is 27.4 Å². The zero-order chi connectivity index (χ0) is 19.8. The summed E-state index contributed by atoms with van der Waals surface area (Å²) in [5.74, 6) is -2.40. The molecule has 0 saturated heterocycles. The summed E-state index contributed by atoms with van der Waals surface area (Å²) in [5, 5.41) is 2.54. The van der Waals surface area contributed by atoms with Gasteiger partial charge in [-0.1, -0.05) is 13.8 Å². The quantitative estimate of drug-likeness (QED) is 0.682. The fourth-order valence-corrected chi connectivity index (χ4v) is 5.49. The second-order valence-electron chi connectivity index (χ2n) is 6.45. The number of anilines is 1. The van der Waals surface area contributed by atoms with Crippen LogP contribution < -0.4 is 5.32 Å². The monoisotopic (exact) mass is 410 g/mol. The maximum atomic E-state index is 13.3. The molecule has 1 amide bonds. The van der Waals surface area contributed by atoms with Gasteiger partial charge in [0.1, 0.15) is 11.6 Å². The number of aromatic nitrogens is 1. The van der Waals surface area contributed by atoms with Gasteiger partial charge in [-0.3, -0.25) is 4.79 Å². The first kappa shape index (κ1) is 19.4. The third-order valence-corrected chi connectivity index (χ3v) is 7.12. The molecule has 0 aliphatic carbocycles. The van der Waals surface area contributed by atoms with Gasteiger partial charge in [-0.15, -0.1) is 11.3 Å². The molecule has 0 aliphatic heterocycles. The van der Waals surface area contributed by atoms with E-state index in [4.69, 9.17) is 0 Å². The first-order valence-corrected chi connectivity index (χ1v) is 10.5. The molecule has 2 aromatic carbocycles. The lowest BCUT2D eigenvalue weighted by Crippen LogP contribution is -2.12. The summed E-state index contributed by atoms with van der Waals surface area (Å²) in [7, 11) is -3.47. The predicted molar refractivity (Wildman–Crippen MR) is 101 cm³/mol. The van der Waals surface area contributed by atoms with Gasteiger partial charge in [0.15, 0.2) is 0 Å². The fraction of sp³-hybridized carbons (Fsp3) is 0.222. The van der Waals surface area contributed by atoms with E-state index in [1.54, 1.807) is 18.2 Å². The van der Waals surface area contributed by atoms with Gasteiger partial charge >= 0.3 is 0 Å². The molecule has 0 unspecified atom stereocenters. The van der Waals surface area contributed by atoms with Crippen LogP contribution in [0.3, 0.4) is 0 Å². The summed E-state index contributed by atoms with van der Waals surface area (Å²) < 4.78 is 51.8. The number of fused-ring (bicyclic) bond motifs is 1. The van der Waals surface area contributed by atoms with Gasteiger partial charge in [-0.05, 0) is 36.2 Å². The van der Waals surface area contributed by atoms with Crippen molar-refractivity contribution >= 4 is 43.0 Å². The van der Waals surface area contributed by atoms with Gasteiger partial charge in [0, 0.05) is 17.3 Å². The van der Waals surface area contributed by atoms with Crippen molar-refractivity contribution in [2.75, 3.05) is 11.1 Å². The molecule has 0 aliphatic rings. The average molecular weight is 410 g/mol. The van der Waals surface area contributed by atoms with Crippen molar-refractivity contribution in [2.24, 2.45) is 5.92 Å². The van der Waals surface area contributed by atoms with Crippen LogP contribution >= 0.6 is 11.3 Å². The van der Waals surface area contributed by atoms with Gasteiger partial charge in [-0.25, -0.2) is 22.2 Å². The highest BCUT2D eigenvalue weighted by molar-refractivity contribution is 7.93. The van der Waals surface area contributed by atoms with E-state index in [0.717, 1.165) is 23.5 Å². The molecule has 1 aromatic heterocycles. The second-order valence-corrected chi connectivity index (χ2v) is 9.69. The number of halogens is 2. The van der Waals surface area contributed by atoms with E-state index >= 15 is 0 Å². The summed E-state index contributed by atoms with van der Waals surface area (Å²) in [4.78, 5) is 16.3. The van der Waals surface area contributed by atoms with E-state index in [1.165, 1.54) is 0 Å². The highest BCUT2D eigenvalue weighted by atomic mass is 32.2. The minimum absolute atomic E-state index is 0.00154. The first-order valence-electron chi connectivity index (χ1n) is 8.05. The molecule has 27 heavy (non-hydrogen) atoms. The Morgan fingerprint density at radius 2 is 1.81 bits per heavy atom. The zero-order valence-electron chi connectivity index (χ0n) is 14.5. The van der Waals surface area contributed by atoms with Crippen molar-refractivity contribution < 1.29 is 22.0 Å². The Labute approximate surface area is 159 Å². The van der Waals surface area contributed by atoms with E-state index in [2.05, 4.69) is 10.3 Å². The van der Waals surface area contributed by atoms with E-state index in [9.17, 15) is 22.0 Å². The lowest BCUT2D eigenvalue weighted by atomic mass is 10.2. The molecule has 0 spiro atoms. The average Bonchev–Trinajstić information content (AvgIpc) is 2.97. The van der Waals surface area contributed by atoms with E-state index in [-0.39, 0.29) is 21.6 Å². The van der Waals surface area contributed by atoms with Crippen molar-refractivity contribution in [2.45, 2.75) is 18.2 Å². The molecule has 0 bridgehead atoms. The number of sulfone groups is 1. The van der Waals surface area contributed by atoms with Crippen molar-refractivity contribution in [3.05, 3.63) is 53.6 Å². The molecule has 0 radical (unpaired) electrons. The lowest BCUT2D eigenvalue weighted by molar-refractivity contribution is 0.102. The highest BCUT2D eigenvalue weighted by Crippen LogP contribution is 2.29. The smallest absolute Gasteiger partial charge is 0.255 e. The van der Waals surface area contributed by atoms with Gasteiger partial charge in [0.05, 0.1) is 16.0 Å². The Hall–Kier alpha value is -2.39. The number of hydrogen-bond acceptors (Lipinski definition) is 5. The molecular formula is C18H16F2N2O3S2. The number of thiazole rings is 1. The molecule has 142 valence electrons. The molecule has 5 nitrogen and oxygen atoms in total. The Kier molecular flexibility index (Phi) is 5.25. The van der Waals surface area contributed by atoms with Crippen LogP contribution in [0.2, 0.25) is 0 Å². The highest BCUT2D eigenvalue weighted by Gasteiger charge is 2.21. The van der Waals surface area contributed by atoms with Crippen LogP contribution in [0.25, 0.3) is 10.2 Å². The summed E-state index contributed by atoms with van der Waals surface area (Å²) in [6.45, 7) is 3.63. The Bertz CT molecular complexity index is 1100. The molecule has 9 heteroatoms. The largest absolute Gasteiger partial charge is 0.322 e. The maximum Gasteiger partial charge on any atom is 0.255 e. The van der Waals surface area contributed by atoms with Crippen LogP contribution in [0.5, 0.6) is 0 Å². The number of nitrogens with zero attached hydrogens (tertiary/aromatic N) is 1. The predicted octanol–water partition coefficient (Wildman–Crippen LogP) is 4.26. The van der Waals surface area contributed by atoms with Crippen LogP contribution in [-0.2, 0) is 9.84 Å². The van der Waals surface area contributed by atoms with Crippen molar-refractivity contribution in [3.8, 4) is 0 Å². The molecule has 1 N–H and O–H groups in total. The van der Waals surface area contributed by atoms with E-state index in [0.29, 0.717) is 22.0 Å². The van der Waals surface area contributed by atoms with Crippen LogP contribution in [0.4, 0.5) is 14.5 Å². The van der Waals surface area contributed by atoms with Crippen molar-refractivity contribution in [1.82, 2.24) is 4.98 Å². The third-order valence-electron chi connectivity index (χ3n) is 3.57. The third kappa shape index (κ3) is 4.48. The minimum Gasteiger partial charge on any atom is -0.322 e. The van der Waals surface area contributed by atoms with Crippen LogP contribution in [0.1, 0.15) is 24.2 Å². The summed E-state index contributed by atoms with van der Waals surface area (Å²) in [6.07, 6.45) is 0. The van der Waals surface area contributed by atoms with Crippen LogP contribution in [0.15, 0.2) is 40.7 Å². The number of amides is 1. The van der Waals surface area contributed by atoms with Gasteiger partial charge in [-0.2, -0.15) is 0 Å². The van der Waals surface area contributed by atoms with Gasteiger partial charge in [0.25, 0.3) is 5.91 Å². The fourth-order valence-electron chi connectivity index (χ4n) is 2.51. The summed E-state index contributed by atoms with van der Waals surface area (Å²) in [5.41, 5.74) is 0.711. The molecule has 0 saturated carbocycles. The molecular weight excluding hydrogens is 394 g/mol. The Balaban J connectivity index is 1.87. The van der Waals surface area contributed by atoms with Crippen LogP contribution in [-0.4, -0.2) is 25.1 Å². The lowest BCUT2D eigenvalue weighted by Gasteiger charge is -2.05. The van der Waals surface area contributed by atoms with Crippen molar-refractivity contribution in [3.63, 3.8) is 0 Å². The second kappa shape index (κ2) is 7.32. The maximum absolute atomic E-state index is 13.3. The normalized spacial score (nSPS) is 11.9. The molecule has 0 atom stereocenters. The molecule has 3 rings (SSSR count). The number of rotatable bonds is 5. The zero-order valence-corrected chi connectivity index (χ0v) is 16.1. The van der Waals surface area contributed by atoms with Crippen molar-refractivity contribution in [1.29, 1.82) is 0 Å². The number of benzene rings is 2. The van der Waals surface area contributed by atoms with Gasteiger partial charge in [0.2, 0.25) is 14.2 Å². The Morgan fingerprint density at radius 3 is 2.44 bits per heavy atom. The SMILES string of the molecule is CC(C)CS(=O)(=O)c1nc2ccc(NC(=O)c3cc(F)cc(F)c3)cc2s1. The summed E-state index contributed by atoms with van der Waals surface area (Å²) in [6, 6.07) is 7.26. The van der Waals surface area contributed by atoms with Gasteiger partial charge < -0.3 is 5.32 Å². The van der Waals surface area contributed by atoms with Crippen LogP contribution in [0, 0.1) is 17.6 Å². The molecule has 1 heterocycles. The summed E-state index contributed by atoms with van der Waals surface area (Å²) >= 11 is 1.02. The number of hydrogen-bond donors (Lipinski definition) is 1. The Morgan fingerprint density at radius 1 is 1.15 bits per heavy atom.